The minimum Gasteiger partial charge on any atom is -0.495 e. The number of sulfonamides is 1. The molecular formula is C29H28N2O4S2. The van der Waals surface area contributed by atoms with Crippen LogP contribution in [0.5, 0.6) is 5.75 Å². The highest BCUT2D eigenvalue weighted by Gasteiger charge is 2.17. The number of ether oxygens (including phenoxy) is 1. The number of carbonyl (C=O) groups is 1. The van der Waals surface area contributed by atoms with E-state index in [0.29, 0.717) is 22.7 Å². The Bertz CT molecular complexity index is 1480. The predicted octanol–water partition coefficient (Wildman–Crippen LogP) is 6.66. The van der Waals surface area contributed by atoms with E-state index in [-0.39, 0.29) is 10.8 Å². The Balaban J connectivity index is 1.37. The minimum atomic E-state index is -3.84. The lowest BCUT2D eigenvalue weighted by Crippen LogP contribution is -2.14. The van der Waals surface area contributed by atoms with Crippen molar-refractivity contribution in [1.29, 1.82) is 0 Å². The molecule has 4 rings (SSSR count). The summed E-state index contributed by atoms with van der Waals surface area (Å²) in [6.07, 6.45) is 0. The molecule has 0 aromatic heterocycles. The van der Waals surface area contributed by atoms with E-state index < -0.39 is 10.0 Å². The summed E-state index contributed by atoms with van der Waals surface area (Å²) >= 11 is 1.74. The van der Waals surface area contributed by atoms with Crippen LogP contribution in [-0.4, -0.2) is 21.4 Å². The number of thioether (sulfide) groups is 1. The summed E-state index contributed by atoms with van der Waals surface area (Å²) in [5.74, 6) is 0.970. The Morgan fingerprint density at radius 2 is 1.49 bits per heavy atom. The Morgan fingerprint density at radius 1 is 0.838 bits per heavy atom. The predicted molar refractivity (Wildman–Crippen MR) is 150 cm³/mol. The van der Waals surface area contributed by atoms with Crippen LogP contribution < -0.4 is 14.8 Å². The van der Waals surface area contributed by atoms with E-state index in [0.717, 1.165) is 16.9 Å². The number of benzene rings is 4. The number of amides is 1. The van der Waals surface area contributed by atoms with Crippen molar-refractivity contribution in [2.24, 2.45) is 0 Å². The average Bonchev–Trinajstić information content (AvgIpc) is 2.89. The summed E-state index contributed by atoms with van der Waals surface area (Å²) in [5, 5.41) is 2.82. The highest BCUT2D eigenvalue weighted by atomic mass is 32.2. The Hall–Kier alpha value is -3.75. The van der Waals surface area contributed by atoms with Crippen LogP contribution in [0.3, 0.4) is 0 Å². The van der Waals surface area contributed by atoms with Crippen LogP contribution in [0.15, 0.2) is 101 Å². The minimum absolute atomic E-state index is 0.0736. The lowest BCUT2D eigenvalue weighted by Gasteiger charge is -2.13. The van der Waals surface area contributed by atoms with Gasteiger partial charge in [-0.2, -0.15) is 0 Å². The van der Waals surface area contributed by atoms with Gasteiger partial charge in [-0.15, -0.1) is 11.8 Å². The van der Waals surface area contributed by atoms with Crippen molar-refractivity contribution < 1.29 is 17.9 Å². The van der Waals surface area contributed by atoms with E-state index >= 15 is 0 Å². The number of methoxy groups -OCH3 is 1. The number of hydrogen-bond acceptors (Lipinski definition) is 5. The number of carbonyl (C=O) groups excluding carboxylic acids is 1. The van der Waals surface area contributed by atoms with Gasteiger partial charge in [0.1, 0.15) is 5.75 Å². The lowest BCUT2D eigenvalue weighted by atomic mass is 10.1. The van der Waals surface area contributed by atoms with Gasteiger partial charge >= 0.3 is 0 Å². The Kier molecular flexibility index (Phi) is 8.21. The maximum Gasteiger partial charge on any atom is 0.262 e. The summed E-state index contributed by atoms with van der Waals surface area (Å²) in [6, 6.07) is 27.1. The van der Waals surface area contributed by atoms with Crippen molar-refractivity contribution in [2.45, 2.75) is 29.4 Å². The number of rotatable bonds is 9. The van der Waals surface area contributed by atoms with E-state index in [4.69, 9.17) is 4.74 Å². The molecule has 6 nitrogen and oxygen atoms in total. The van der Waals surface area contributed by atoms with Gasteiger partial charge in [0, 0.05) is 21.9 Å². The molecule has 0 saturated heterocycles. The zero-order valence-corrected chi connectivity index (χ0v) is 22.4. The molecular weight excluding hydrogens is 504 g/mol. The number of anilines is 2. The van der Waals surface area contributed by atoms with Crippen molar-refractivity contribution in [3.63, 3.8) is 0 Å². The summed E-state index contributed by atoms with van der Waals surface area (Å²) in [6.45, 7) is 3.93. The molecule has 0 aliphatic rings. The Labute approximate surface area is 222 Å². The first-order valence-electron chi connectivity index (χ1n) is 11.6. The molecule has 4 aromatic carbocycles. The van der Waals surface area contributed by atoms with Crippen molar-refractivity contribution in [1.82, 2.24) is 0 Å². The topological polar surface area (TPSA) is 84.5 Å². The zero-order valence-electron chi connectivity index (χ0n) is 20.8. The molecule has 4 aromatic rings. The SMILES string of the molecule is COc1ccc(C)cc1NS(=O)(=O)c1ccc(NC(=O)c2ccc(CSc3ccc(C)cc3)cc2)cc1. The molecule has 190 valence electrons. The van der Waals surface area contributed by atoms with Gasteiger partial charge in [-0.3, -0.25) is 9.52 Å². The highest BCUT2D eigenvalue weighted by molar-refractivity contribution is 7.98. The standard InChI is InChI=1S/C29H28N2O4S2/c1-20-4-13-25(14-5-20)36-19-22-7-9-23(10-8-22)29(32)30-24-11-15-26(16-12-24)37(33,34)31-27-18-21(2)6-17-28(27)35-3/h4-18,31H,19H2,1-3H3,(H,30,32). The van der Waals surface area contributed by atoms with E-state index in [1.807, 2.05) is 25.1 Å². The second-order valence-electron chi connectivity index (χ2n) is 8.59. The molecule has 0 fully saturated rings. The summed E-state index contributed by atoms with van der Waals surface area (Å²) in [5.41, 5.74) is 4.63. The van der Waals surface area contributed by atoms with Crippen molar-refractivity contribution >= 4 is 39.1 Å². The molecule has 0 saturated carbocycles. The molecule has 0 bridgehead atoms. The van der Waals surface area contributed by atoms with Crippen LogP contribution in [0.2, 0.25) is 0 Å². The van der Waals surface area contributed by atoms with Crippen molar-refractivity contribution in [3.8, 4) is 5.75 Å². The Morgan fingerprint density at radius 3 is 2.14 bits per heavy atom. The van der Waals surface area contributed by atoms with Gasteiger partial charge in [0.25, 0.3) is 15.9 Å². The number of nitrogens with one attached hydrogen (secondary N) is 2. The van der Waals surface area contributed by atoms with Crippen molar-refractivity contribution in [3.05, 3.63) is 113 Å². The molecule has 0 aliphatic heterocycles. The third-order valence-electron chi connectivity index (χ3n) is 5.66. The highest BCUT2D eigenvalue weighted by Crippen LogP contribution is 2.28. The molecule has 1 amide bonds. The second-order valence-corrected chi connectivity index (χ2v) is 11.3. The normalized spacial score (nSPS) is 11.1. The van der Waals surface area contributed by atoms with E-state index in [1.54, 1.807) is 48.2 Å². The molecule has 0 aliphatic carbocycles. The van der Waals surface area contributed by atoms with Gasteiger partial charge in [0.2, 0.25) is 0 Å². The van der Waals surface area contributed by atoms with Crippen LogP contribution >= 0.6 is 11.8 Å². The maximum absolute atomic E-state index is 12.9. The summed E-state index contributed by atoms with van der Waals surface area (Å²) < 4.78 is 33.6. The lowest BCUT2D eigenvalue weighted by molar-refractivity contribution is 0.102. The van der Waals surface area contributed by atoms with Gasteiger partial charge in [0.05, 0.1) is 17.7 Å². The summed E-state index contributed by atoms with van der Waals surface area (Å²) in [4.78, 5) is 14.0. The average molecular weight is 533 g/mol. The van der Waals surface area contributed by atoms with Gasteiger partial charge < -0.3 is 10.1 Å². The fraction of sp³-hybridized carbons (Fsp3) is 0.138. The van der Waals surface area contributed by atoms with E-state index in [2.05, 4.69) is 41.2 Å². The molecule has 0 heterocycles. The van der Waals surface area contributed by atoms with Gasteiger partial charge in [-0.05, 0) is 85.6 Å². The van der Waals surface area contributed by atoms with Crippen LogP contribution in [0, 0.1) is 13.8 Å². The monoisotopic (exact) mass is 532 g/mol. The molecule has 0 unspecified atom stereocenters. The van der Waals surface area contributed by atoms with Crippen LogP contribution in [0.25, 0.3) is 0 Å². The molecule has 8 heteroatoms. The van der Waals surface area contributed by atoms with Crippen molar-refractivity contribution in [2.75, 3.05) is 17.1 Å². The largest absolute Gasteiger partial charge is 0.495 e. The van der Waals surface area contributed by atoms with Crippen LogP contribution in [0.4, 0.5) is 11.4 Å². The first-order chi connectivity index (χ1) is 17.7. The van der Waals surface area contributed by atoms with E-state index in [9.17, 15) is 13.2 Å². The molecule has 37 heavy (non-hydrogen) atoms. The van der Waals surface area contributed by atoms with E-state index in [1.165, 1.54) is 29.7 Å². The van der Waals surface area contributed by atoms with Gasteiger partial charge in [-0.1, -0.05) is 35.9 Å². The fourth-order valence-electron chi connectivity index (χ4n) is 3.58. The smallest absolute Gasteiger partial charge is 0.262 e. The molecule has 0 spiro atoms. The van der Waals surface area contributed by atoms with Gasteiger partial charge in [-0.25, -0.2) is 8.42 Å². The third-order valence-corrected chi connectivity index (χ3v) is 8.13. The molecule has 0 atom stereocenters. The first-order valence-corrected chi connectivity index (χ1v) is 14.1. The number of aryl methyl sites for hydroxylation is 2. The number of hydrogen-bond donors (Lipinski definition) is 2. The maximum atomic E-state index is 12.9. The quantitative estimate of drug-likeness (QED) is 0.236. The van der Waals surface area contributed by atoms with Crippen LogP contribution in [0.1, 0.15) is 27.0 Å². The fourth-order valence-corrected chi connectivity index (χ4v) is 5.50. The zero-order chi connectivity index (χ0) is 26.4. The van der Waals surface area contributed by atoms with Gasteiger partial charge in [0.15, 0.2) is 0 Å². The van der Waals surface area contributed by atoms with Crippen LogP contribution in [-0.2, 0) is 15.8 Å². The first kappa shape index (κ1) is 26.3. The summed E-state index contributed by atoms with van der Waals surface area (Å²) in [7, 11) is -2.35. The third kappa shape index (κ3) is 6.93. The molecule has 2 N–H and O–H groups in total. The second kappa shape index (κ2) is 11.5. The molecule has 0 radical (unpaired) electrons.